The van der Waals surface area contributed by atoms with Gasteiger partial charge in [-0.2, -0.15) is 0 Å². The van der Waals surface area contributed by atoms with Crippen LogP contribution < -0.4 is 10.6 Å². The zero-order valence-electron chi connectivity index (χ0n) is 11.8. The molecule has 0 aliphatic rings. The highest BCUT2D eigenvalue weighted by molar-refractivity contribution is 5.95. The van der Waals surface area contributed by atoms with Crippen molar-refractivity contribution in [3.63, 3.8) is 0 Å². The molecule has 2 rings (SSSR count). The third-order valence-corrected chi connectivity index (χ3v) is 3.11. The monoisotopic (exact) mass is 280 g/mol. The van der Waals surface area contributed by atoms with E-state index in [-0.39, 0.29) is 0 Å². The van der Waals surface area contributed by atoms with Gasteiger partial charge in [0.25, 0.3) is 0 Å². The van der Waals surface area contributed by atoms with Crippen LogP contribution in [0, 0.1) is 0 Å². The first-order chi connectivity index (χ1) is 9.77. The van der Waals surface area contributed by atoms with E-state index in [1.165, 1.54) is 0 Å². The molecular weight excluding hydrogens is 260 g/mol. The first-order valence-corrected chi connectivity index (χ1v) is 6.51. The number of aromatic nitrogens is 2. The summed E-state index contributed by atoms with van der Waals surface area (Å²) in [7, 11) is 3.38. The van der Waals surface area contributed by atoms with E-state index in [1.54, 1.807) is 14.2 Å². The van der Waals surface area contributed by atoms with E-state index in [4.69, 9.17) is 19.8 Å². The molecule has 0 amide bonds. The Morgan fingerprint density at radius 3 is 2.60 bits per heavy atom. The van der Waals surface area contributed by atoms with Gasteiger partial charge in [-0.05, 0) is 28.9 Å². The standard InChI is InChI=1S/C13H20N4O3/c1-18-8-3-6-17(7-9-19-2)11-5-4-10(14)12-13(11)16-20-15-12/h4-5H,3,6-9,14H2,1-2H3. The fraction of sp³-hybridized carbons (Fsp3) is 0.538. The van der Waals surface area contributed by atoms with Crippen LogP contribution in [0.2, 0.25) is 0 Å². The predicted octanol–water partition coefficient (Wildman–Crippen LogP) is 1.29. The van der Waals surface area contributed by atoms with Crippen LogP contribution in [0.15, 0.2) is 16.8 Å². The Kier molecular flexibility index (Phi) is 5.14. The van der Waals surface area contributed by atoms with Crippen LogP contribution in [0.5, 0.6) is 0 Å². The molecule has 1 heterocycles. The highest BCUT2D eigenvalue weighted by atomic mass is 16.6. The van der Waals surface area contributed by atoms with Crippen molar-refractivity contribution in [3.8, 4) is 0 Å². The van der Waals surface area contributed by atoms with Crippen LogP contribution in [0.25, 0.3) is 11.0 Å². The van der Waals surface area contributed by atoms with Crippen LogP contribution in [0.3, 0.4) is 0 Å². The Balaban J connectivity index is 2.24. The molecule has 0 saturated heterocycles. The molecule has 0 radical (unpaired) electrons. The zero-order valence-corrected chi connectivity index (χ0v) is 11.8. The maximum Gasteiger partial charge on any atom is 0.160 e. The molecule has 2 aromatic rings. The zero-order chi connectivity index (χ0) is 14.4. The summed E-state index contributed by atoms with van der Waals surface area (Å²) in [6.07, 6.45) is 0.914. The Morgan fingerprint density at radius 1 is 1.10 bits per heavy atom. The van der Waals surface area contributed by atoms with E-state index < -0.39 is 0 Å². The predicted molar refractivity (Wildman–Crippen MR) is 76.8 cm³/mol. The molecule has 2 N–H and O–H groups in total. The summed E-state index contributed by atoms with van der Waals surface area (Å²) in [6, 6.07) is 3.75. The fourth-order valence-corrected chi connectivity index (χ4v) is 2.08. The summed E-state index contributed by atoms with van der Waals surface area (Å²) in [6.45, 7) is 2.93. The van der Waals surface area contributed by atoms with Crippen LogP contribution in [0.1, 0.15) is 6.42 Å². The molecule has 7 nitrogen and oxygen atoms in total. The Morgan fingerprint density at radius 2 is 1.85 bits per heavy atom. The smallest absolute Gasteiger partial charge is 0.160 e. The summed E-state index contributed by atoms with van der Waals surface area (Å²) in [5.74, 6) is 0. The normalized spacial score (nSPS) is 11.1. The third kappa shape index (κ3) is 3.17. The second kappa shape index (κ2) is 7.06. The molecule has 0 unspecified atom stereocenters. The Labute approximate surface area is 117 Å². The van der Waals surface area contributed by atoms with E-state index >= 15 is 0 Å². The molecule has 110 valence electrons. The molecule has 0 fully saturated rings. The minimum atomic E-state index is 0.564. The quantitative estimate of drug-likeness (QED) is 0.576. The second-order valence-electron chi connectivity index (χ2n) is 4.46. The Hall–Kier alpha value is -1.86. The molecule has 0 aliphatic heterocycles. The van der Waals surface area contributed by atoms with E-state index in [9.17, 15) is 0 Å². The van der Waals surface area contributed by atoms with E-state index in [0.29, 0.717) is 29.9 Å². The lowest BCUT2D eigenvalue weighted by atomic mass is 10.2. The van der Waals surface area contributed by atoms with Crippen molar-refractivity contribution in [1.82, 2.24) is 10.3 Å². The van der Waals surface area contributed by atoms with Crippen molar-refractivity contribution in [1.29, 1.82) is 0 Å². The molecule has 1 aromatic carbocycles. The maximum absolute atomic E-state index is 5.87. The number of rotatable bonds is 8. The van der Waals surface area contributed by atoms with Gasteiger partial charge in [-0.3, -0.25) is 0 Å². The third-order valence-electron chi connectivity index (χ3n) is 3.11. The Bertz CT molecular complexity index is 543. The molecule has 0 saturated carbocycles. The van der Waals surface area contributed by atoms with Gasteiger partial charge in [0.1, 0.15) is 0 Å². The van der Waals surface area contributed by atoms with Gasteiger partial charge < -0.3 is 20.1 Å². The van der Waals surface area contributed by atoms with Crippen molar-refractivity contribution in [2.24, 2.45) is 0 Å². The molecule has 0 atom stereocenters. The molecule has 0 spiro atoms. The summed E-state index contributed by atoms with van der Waals surface area (Å²) in [4.78, 5) is 2.18. The number of nitrogens with two attached hydrogens (primary N) is 1. The lowest BCUT2D eigenvalue weighted by Gasteiger charge is -2.24. The van der Waals surface area contributed by atoms with Gasteiger partial charge in [0, 0.05) is 33.9 Å². The van der Waals surface area contributed by atoms with Gasteiger partial charge in [0.15, 0.2) is 11.0 Å². The van der Waals surface area contributed by atoms with Crippen molar-refractivity contribution < 1.29 is 14.1 Å². The van der Waals surface area contributed by atoms with Gasteiger partial charge in [-0.1, -0.05) is 0 Å². The molecule has 20 heavy (non-hydrogen) atoms. The lowest BCUT2D eigenvalue weighted by Crippen LogP contribution is -2.29. The van der Waals surface area contributed by atoms with Gasteiger partial charge in [-0.25, -0.2) is 4.63 Å². The summed E-state index contributed by atoms with van der Waals surface area (Å²) in [5, 5.41) is 7.80. The van der Waals surface area contributed by atoms with Crippen molar-refractivity contribution in [3.05, 3.63) is 12.1 Å². The summed E-state index contributed by atoms with van der Waals surface area (Å²) >= 11 is 0. The van der Waals surface area contributed by atoms with E-state index in [1.807, 2.05) is 12.1 Å². The first kappa shape index (κ1) is 14.5. The highest BCUT2D eigenvalue weighted by Crippen LogP contribution is 2.28. The SMILES string of the molecule is COCCCN(CCOC)c1ccc(N)c2nonc12. The maximum atomic E-state index is 5.87. The van der Waals surface area contributed by atoms with Crippen molar-refractivity contribution >= 4 is 22.4 Å². The highest BCUT2D eigenvalue weighted by Gasteiger charge is 2.15. The number of nitrogen functional groups attached to an aromatic ring is 1. The minimum Gasteiger partial charge on any atom is -0.397 e. The summed E-state index contributed by atoms with van der Waals surface area (Å²) < 4.78 is 15.1. The van der Waals surface area contributed by atoms with Gasteiger partial charge in [-0.15, -0.1) is 0 Å². The molecule has 0 aliphatic carbocycles. The van der Waals surface area contributed by atoms with Crippen molar-refractivity contribution in [2.45, 2.75) is 6.42 Å². The number of hydrogen-bond acceptors (Lipinski definition) is 7. The topological polar surface area (TPSA) is 86.6 Å². The number of ether oxygens (including phenoxy) is 2. The van der Waals surface area contributed by atoms with Gasteiger partial charge in [0.05, 0.1) is 18.0 Å². The average molecular weight is 280 g/mol. The van der Waals surface area contributed by atoms with E-state index in [2.05, 4.69) is 15.2 Å². The minimum absolute atomic E-state index is 0.564. The molecule has 0 bridgehead atoms. The summed E-state index contributed by atoms with van der Waals surface area (Å²) in [5.41, 5.74) is 8.65. The average Bonchev–Trinajstić information content (AvgIpc) is 2.94. The largest absolute Gasteiger partial charge is 0.397 e. The second-order valence-corrected chi connectivity index (χ2v) is 4.46. The number of benzene rings is 1. The van der Waals surface area contributed by atoms with Crippen molar-refractivity contribution in [2.75, 3.05) is 51.2 Å². The molecule has 1 aromatic heterocycles. The van der Waals surface area contributed by atoms with Crippen LogP contribution in [0.4, 0.5) is 11.4 Å². The fourth-order valence-electron chi connectivity index (χ4n) is 2.08. The van der Waals surface area contributed by atoms with Gasteiger partial charge >= 0.3 is 0 Å². The van der Waals surface area contributed by atoms with Crippen LogP contribution in [-0.2, 0) is 9.47 Å². The number of hydrogen-bond donors (Lipinski definition) is 1. The van der Waals surface area contributed by atoms with Gasteiger partial charge in [0.2, 0.25) is 0 Å². The lowest BCUT2D eigenvalue weighted by molar-refractivity contribution is 0.191. The first-order valence-electron chi connectivity index (χ1n) is 6.51. The van der Waals surface area contributed by atoms with Crippen LogP contribution in [-0.4, -0.2) is 50.8 Å². The number of fused-ring (bicyclic) bond motifs is 1. The van der Waals surface area contributed by atoms with Crippen LogP contribution >= 0.6 is 0 Å². The molecular formula is C13H20N4O3. The van der Waals surface area contributed by atoms with E-state index in [0.717, 1.165) is 25.2 Å². The number of anilines is 2. The number of methoxy groups -OCH3 is 2. The number of nitrogens with zero attached hydrogens (tertiary/aromatic N) is 3. The molecule has 7 heteroatoms.